The first-order valence-electron chi connectivity index (χ1n) is 5.56. The van der Waals surface area contributed by atoms with Gasteiger partial charge in [-0.2, -0.15) is 11.8 Å². The quantitative estimate of drug-likeness (QED) is 0.788. The molecule has 0 spiro atoms. The molecule has 1 aliphatic heterocycles. The van der Waals surface area contributed by atoms with Crippen LogP contribution in [0, 0.1) is 0 Å². The first-order chi connectivity index (χ1) is 7.72. The molecule has 1 aromatic heterocycles. The Bertz CT molecular complexity index is 342. The molecule has 1 fully saturated rings. The highest BCUT2D eigenvalue weighted by atomic mass is 35.5. The minimum Gasteiger partial charge on any atom is -0.290 e. The zero-order valence-electron chi connectivity index (χ0n) is 9.65. The van der Waals surface area contributed by atoms with Gasteiger partial charge in [-0.15, -0.1) is 22.9 Å². The molecule has 1 aromatic rings. The summed E-state index contributed by atoms with van der Waals surface area (Å²) >= 11 is 9.57. The fourth-order valence-electron chi connectivity index (χ4n) is 2.03. The summed E-state index contributed by atoms with van der Waals surface area (Å²) in [5, 5.41) is 3.27. The van der Waals surface area contributed by atoms with Gasteiger partial charge in [0.25, 0.3) is 0 Å². The van der Waals surface area contributed by atoms with E-state index in [1.807, 2.05) is 11.8 Å². The van der Waals surface area contributed by atoms with Crippen molar-refractivity contribution < 1.29 is 0 Å². The van der Waals surface area contributed by atoms with Gasteiger partial charge in [-0.3, -0.25) is 4.90 Å². The molecule has 2 nitrogen and oxygen atoms in total. The number of halogens is 1. The van der Waals surface area contributed by atoms with Crippen LogP contribution in [-0.2, 0) is 5.88 Å². The Kier molecular flexibility index (Phi) is 4.53. The minimum absolute atomic E-state index is 0.429. The van der Waals surface area contributed by atoms with Crippen LogP contribution < -0.4 is 0 Å². The number of hydrogen-bond donors (Lipinski definition) is 0. The monoisotopic (exact) mass is 276 g/mol. The molecule has 2 heterocycles. The molecule has 0 aliphatic carbocycles. The van der Waals surface area contributed by atoms with Crippen LogP contribution in [0.1, 0.15) is 30.6 Å². The van der Waals surface area contributed by atoms with E-state index in [0.717, 1.165) is 5.69 Å². The molecule has 1 aliphatic rings. The number of hydrogen-bond acceptors (Lipinski definition) is 4. The fraction of sp³-hybridized carbons (Fsp3) is 0.727. The number of rotatable bonds is 3. The fourth-order valence-corrected chi connectivity index (χ4v) is 4.20. The summed E-state index contributed by atoms with van der Waals surface area (Å²) in [4.78, 5) is 7.13. The molecule has 2 unspecified atom stereocenters. The van der Waals surface area contributed by atoms with Crippen molar-refractivity contribution in [1.82, 2.24) is 9.88 Å². The summed E-state index contributed by atoms with van der Waals surface area (Å²) in [6.07, 6.45) is 0. The summed E-state index contributed by atoms with van der Waals surface area (Å²) in [5.41, 5.74) is 1.01. The van der Waals surface area contributed by atoms with Crippen molar-refractivity contribution in [3.63, 3.8) is 0 Å². The average Bonchev–Trinajstić information content (AvgIpc) is 2.77. The van der Waals surface area contributed by atoms with E-state index in [2.05, 4.69) is 29.1 Å². The lowest BCUT2D eigenvalue weighted by Gasteiger charge is -2.36. The zero-order chi connectivity index (χ0) is 11.5. The lowest BCUT2D eigenvalue weighted by Crippen LogP contribution is -2.41. The first-order valence-corrected chi connectivity index (χ1v) is 8.13. The average molecular weight is 277 g/mol. The van der Waals surface area contributed by atoms with E-state index in [1.54, 1.807) is 11.3 Å². The molecule has 0 N–H and O–H groups in total. The van der Waals surface area contributed by atoms with E-state index in [0.29, 0.717) is 18.0 Å². The van der Waals surface area contributed by atoms with Gasteiger partial charge in [-0.05, 0) is 13.8 Å². The third-order valence-electron chi connectivity index (χ3n) is 2.98. The van der Waals surface area contributed by atoms with Crippen LogP contribution in [0.15, 0.2) is 5.38 Å². The van der Waals surface area contributed by atoms with Crippen LogP contribution in [0.3, 0.4) is 0 Å². The predicted octanol–water partition coefficient (Wildman–Crippen LogP) is 3.38. The number of alkyl halides is 1. The summed E-state index contributed by atoms with van der Waals surface area (Å²) in [5.74, 6) is 3.00. The van der Waals surface area contributed by atoms with Gasteiger partial charge < -0.3 is 0 Å². The molecule has 0 bridgehead atoms. The van der Waals surface area contributed by atoms with E-state index < -0.39 is 0 Å². The maximum atomic E-state index is 5.79. The Morgan fingerprint density at radius 1 is 1.69 bits per heavy atom. The van der Waals surface area contributed by atoms with E-state index in [-0.39, 0.29) is 0 Å². The Balaban J connectivity index is 2.07. The van der Waals surface area contributed by atoms with Crippen LogP contribution in [0.4, 0.5) is 0 Å². The van der Waals surface area contributed by atoms with Gasteiger partial charge in [0, 0.05) is 29.5 Å². The highest BCUT2D eigenvalue weighted by molar-refractivity contribution is 7.99. The van der Waals surface area contributed by atoms with Crippen molar-refractivity contribution in [2.24, 2.45) is 0 Å². The van der Waals surface area contributed by atoms with Crippen molar-refractivity contribution in [3.05, 3.63) is 16.1 Å². The molecule has 1 saturated heterocycles. The topological polar surface area (TPSA) is 16.1 Å². The van der Waals surface area contributed by atoms with Gasteiger partial charge in [-0.1, -0.05) is 0 Å². The first kappa shape index (κ1) is 12.7. The Labute approximate surface area is 110 Å². The third kappa shape index (κ3) is 2.73. The van der Waals surface area contributed by atoms with E-state index in [4.69, 9.17) is 11.6 Å². The molecule has 90 valence electrons. The second-order valence-corrected chi connectivity index (χ2v) is 6.46. The number of thioether (sulfide) groups is 1. The van der Waals surface area contributed by atoms with E-state index in [9.17, 15) is 0 Å². The summed E-state index contributed by atoms with van der Waals surface area (Å²) < 4.78 is 0. The van der Waals surface area contributed by atoms with Gasteiger partial charge in [0.2, 0.25) is 0 Å². The second kappa shape index (κ2) is 5.71. The molecule has 0 saturated carbocycles. The van der Waals surface area contributed by atoms with Gasteiger partial charge >= 0.3 is 0 Å². The summed E-state index contributed by atoms with van der Waals surface area (Å²) in [7, 11) is 0. The highest BCUT2D eigenvalue weighted by Crippen LogP contribution is 2.29. The van der Waals surface area contributed by atoms with Crippen molar-refractivity contribution in [2.45, 2.75) is 31.8 Å². The Hall–Kier alpha value is 0.230. The molecule has 0 aromatic carbocycles. The summed E-state index contributed by atoms with van der Waals surface area (Å²) in [6.45, 7) is 5.73. The molecular weight excluding hydrogens is 260 g/mol. The maximum absolute atomic E-state index is 5.79. The second-order valence-electron chi connectivity index (χ2n) is 4.15. The Morgan fingerprint density at radius 2 is 2.50 bits per heavy atom. The van der Waals surface area contributed by atoms with Crippen LogP contribution in [0.5, 0.6) is 0 Å². The standard InChI is InChI=1S/C11H17ClN2S2/c1-8-6-15-4-3-14(8)9(2)11-13-10(5-12)7-16-11/h7-9H,3-6H2,1-2H3. The molecule has 0 amide bonds. The van der Waals surface area contributed by atoms with Gasteiger partial charge in [0.15, 0.2) is 0 Å². The Morgan fingerprint density at radius 3 is 3.12 bits per heavy atom. The third-order valence-corrected chi connectivity index (χ3v) is 5.51. The van der Waals surface area contributed by atoms with E-state index >= 15 is 0 Å². The number of nitrogens with zero attached hydrogens (tertiary/aromatic N) is 2. The maximum Gasteiger partial charge on any atom is 0.110 e. The van der Waals surface area contributed by atoms with Crippen molar-refractivity contribution >= 4 is 34.7 Å². The van der Waals surface area contributed by atoms with Gasteiger partial charge in [-0.25, -0.2) is 4.98 Å². The van der Waals surface area contributed by atoms with Crippen LogP contribution >= 0.6 is 34.7 Å². The van der Waals surface area contributed by atoms with Crippen LogP contribution in [0.2, 0.25) is 0 Å². The SMILES string of the molecule is CC1CSCCN1C(C)c1nc(CCl)cs1. The minimum atomic E-state index is 0.429. The summed E-state index contributed by atoms with van der Waals surface area (Å²) in [6, 6.07) is 1.08. The zero-order valence-corrected chi connectivity index (χ0v) is 12.0. The van der Waals surface area contributed by atoms with Gasteiger partial charge in [0.1, 0.15) is 5.01 Å². The highest BCUT2D eigenvalue weighted by Gasteiger charge is 2.26. The normalized spacial score (nSPS) is 24.6. The van der Waals surface area contributed by atoms with Gasteiger partial charge in [0.05, 0.1) is 17.6 Å². The molecule has 0 radical (unpaired) electrons. The van der Waals surface area contributed by atoms with Crippen molar-refractivity contribution in [2.75, 3.05) is 18.1 Å². The van der Waals surface area contributed by atoms with E-state index in [1.165, 1.54) is 23.1 Å². The molecule has 2 atom stereocenters. The van der Waals surface area contributed by atoms with Crippen molar-refractivity contribution in [3.8, 4) is 0 Å². The smallest absolute Gasteiger partial charge is 0.110 e. The lowest BCUT2D eigenvalue weighted by atomic mass is 10.2. The lowest BCUT2D eigenvalue weighted by molar-refractivity contribution is 0.173. The molecule has 2 rings (SSSR count). The van der Waals surface area contributed by atoms with Crippen LogP contribution in [0.25, 0.3) is 0 Å². The van der Waals surface area contributed by atoms with Crippen molar-refractivity contribution in [1.29, 1.82) is 0 Å². The molecule has 16 heavy (non-hydrogen) atoms. The largest absolute Gasteiger partial charge is 0.290 e. The number of thiazole rings is 1. The predicted molar refractivity (Wildman–Crippen MR) is 73.6 cm³/mol. The van der Waals surface area contributed by atoms with Crippen LogP contribution in [-0.4, -0.2) is 34.0 Å². The molecule has 5 heteroatoms. The number of aromatic nitrogens is 1. The molecular formula is C11H17ClN2S2.